The lowest BCUT2D eigenvalue weighted by Gasteiger charge is -2.05. The predicted octanol–water partition coefficient (Wildman–Crippen LogP) is 5.34. The largest absolute Gasteiger partial charge is 0.431 e. The first kappa shape index (κ1) is 16.4. The first-order valence-corrected chi connectivity index (χ1v) is 9.11. The van der Waals surface area contributed by atoms with Crippen LogP contribution in [0.3, 0.4) is 0 Å². The monoisotopic (exact) mass is 361 g/mol. The quantitative estimate of drug-likeness (QED) is 0.273. The van der Waals surface area contributed by atoms with Crippen LogP contribution in [0.1, 0.15) is 15.9 Å². The molecule has 1 aromatic heterocycles. The van der Waals surface area contributed by atoms with Gasteiger partial charge >= 0.3 is 5.97 Å². The van der Waals surface area contributed by atoms with Gasteiger partial charge in [0.1, 0.15) is 11.3 Å². The third-order valence-corrected chi connectivity index (χ3v) is 4.68. The second-order valence-corrected chi connectivity index (χ2v) is 6.56. The Morgan fingerprint density at radius 3 is 2.42 bits per heavy atom. The number of fused-ring (bicyclic) bond motifs is 1. The third-order valence-electron chi connectivity index (χ3n) is 3.78. The summed E-state index contributed by atoms with van der Waals surface area (Å²) in [6.45, 7) is 0. The SMILES string of the molecule is O=C(Oc1ccc(CSc2nc3ccccc3o2)cc1)c1ccccc1. The maximum atomic E-state index is 12.0. The van der Waals surface area contributed by atoms with Crippen molar-refractivity contribution in [1.29, 1.82) is 0 Å². The number of oxazole rings is 1. The Hall–Kier alpha value is -3.05. The number of esters is 1. The number of carbonyl (C=O) groups is 1. The van der Waals surface area contributed by atoms with Crippen LogP contribution < -0.4 is 4.74 Å². The summed E-state index contributed by atoms with van der Waals surface area (Å²) < 4.78 is 11.1. The summed E-state index contributed by atoms with van der Waals surface area (Å²) in [6, 6.07) is 24.1. The molecule has 0 saturated heterocycles. The van der Waals surface area contributed by atoms with Gasteiger partial charge in [0.2, 0.25) is 0 Å². The Morgan fingerprint density at radius 1 is 0.923 bits per heavy atom. The van der Waals surface area contributed by atoms with E-state index in [-0.39, 0.29) is 5.97 Å². The Kier molecular flexibility index (Phi) is 4.71. The molecule has 4 aromatic rings. The van der Waals surface area contributed by atoms with Crippen molar-refractivity contribution in [3.63, 3.8) is 0 Å². The summed E-state index contributed by atoms with van der Waals surface area (Å²) in [5.41, 5.74) is 3.27. The standard InChI is InChI=1S/C21H15NO3S/c23-20(16-6-2-1-3-7-16)24-17-12-10-15(11-13-17)14-26-21-22-18-8-4-5-9-19(18)25-21/h1-13H,14H2. The average molecular weight is 361 g/mol. The van der Waals surface area contributed by atoms with Crippen LogP contribution in [0.25, 0.3) is 11.1 Å². The van der Waals surface area contributed by atoms with Gasteiger partial charge in [-0.2, -0.15) is 0 Å². The van der Waals surface area contributed by atoms with E-state index in [1.54, 1.807) is 24.3 Å². The number of aromatic nitrogens is 1. The van der Waals surface area contributed by atoms with E-state index in [1.807, 2.05) is 54.6 Å². The molecule has 0 aliphatic carbocycles. The molecule has 0 N–H and O–H groups in total. The minimum absolute atomic E-state index is 0.362. The van der Waals surface area contributed by atoms with Crippen LogP contribution in [0.4, 0.5) is 0 Å². The molecule has 3 aromatic carbocycles. The highest BCUT2D eigenvalue weighted by Gasteiger charge is 2.09. The predicted molar refractivity (Wildman–Crippen MR) is 101 cm³/mol. The number of rotatable bonds is 5. The van der Waals surface area contributed by atoms with Crippen LogP contribution >= 0.6 is 11.8 Å². The molecule has 4 rings (SSSR count). The number of benzene rings is 3. The number of ether oxygens (including phenoxy) is 1. The van der Waals surface area contributed by atoms with Gasteiger partial charge in [0.05, 0.1) is 5.56 Å². The molecule has 0 radical (unpaired) electrons. The highest BCUT2D eigenvalue weighted by Crippen LogP contribution is 2.26. The molecule has 0 saturated carbocycles. The van der Waals surface area contributed by atoms with Gasteiger partial charge in [-0.3, -0.25) is 0 Å². The first-order valence-electron chi connectivity index (χ1n) is 8.12. The van der Waals surface area contributed by atoms with Crippen molar-refractivity contribution in [2.24, 2.45) is 0 Å². The summed E-state index contributed by atoms with van der Waals surface area (Å²) in [5.74, 6) is 0.883. The lowest BCUT2D eigenvalue weighted by atomic mass is 10.2. The van der Waals surface area contributed by atoms with Crippen LogP contribution in [0.2, 0.25) is 0 Å². The zero-order valence-electron chi connectivity index (χ0n) is 13.8. The van der Waals surface area contributed by atoms with Gasteiger partial charge in [0.15, 0.2) is 5.58 Å². The van der Waals surface area contributed by atoms with Crippen LogP contribution in [0.15, 0.2) is 88.5 Å². The topological polar surface area (TPSA) is 52.3 Å². The molecule has 1 heterocycles. The zero-order valence-corrected chi connectivity index (χ0v) is 14.6. The van der Waals surface area contributed by atoms with Crippen LogP contribution in [0.5, 0.6) is 5.75 Å². The summed E-state index contributed by atoms with van der Waals surface area (Å²) in [7, 11) is 0. The van der Waals surface area contributed by atoms with E-state index < -0.39 is 0 Å². The fourth-order valence-corrected chi connectivity index (χ4v) is 3.25. The minimum atomic E-state index is -0.362. The van der Waals surface area contributed by atoms with Crippen molar-refractivity contribution in [2.75, 3.05) is 0 Å². The highest BCUT2D eigenvalue weighted by atomic mass is 32.2. The molecule has 0 amide bonds. The molecule has 0 unspecified atom stereocenters. The van der Waals surface area contributed by atoms with Crippen molar-refractivity contribution in [1.82, 2.24) is 4.98 Å². The van der Waals surface area contributed by atoms with E-state index in [9.17, 15) is 4.79 Å². The van der Waals surface area contributed by atoms with Crippen LogP contribution in [-0.2, 0) is 5.75 Å². The Morgan fingerprint density at radius 2 is 1.65 bits per heavy atom. The van der Waals surface area contributed by atoms with Gasteiger partial charge in [-0.1, -0.05) is 54.2 Å². The summed E-state index contributed by atoms with van der Waals surface area (Å²) in [4.78, 5) is 16.5. The van der Waals surface area contributed by atoms with Gasteiger partial charge in [0.25, 0.3) is 5.22 Å². The number of para-hydroxylation sites is 2. The molecule has 26 heavy (non-hydrogen) atoms. The van der Waals surface area contributed by atoms with Crippen molar-refractivity contribution >= 4 is 28.8 Å². The molecular weight excluding hydrogens is 346 g/mol. The van der Waals surface area contributed by atoms with E-state index in [0.717, 1.165) is 22.4 Å². The van der Waals surface area contributed by atoms with Gasteiger partial charge in [0, 0.05) is 5.75 Å². The number of hydrogen-bond donors (Lipinski definition) is 0. The van der Waals surface area contributed by atoms with Gasteiger partial charge in [-0.15, -0.1) is 0 Å². The molecule has 0 aliphatic heterocycles. The van der Waals surface area contributed by atoms with Crippen molar-refractivity contribution in [2.45, 2.75) is 11.0 Å². The molecule has 0 atom stereocenters. The molecule has 0 aliphatic rings. The summed E-state index contributed by atoms with van der Waals surface area (Å²) in [5, 5.41) is 0.644. The number of hydrogen-bond acceptors (Lipinski definition) is 5. The molecule has 4 nitrogen and oxygen atoms in total. The zero-order chi connectivity index (χ0) is 17.8. The fourth-order valence-electron chi connectivity index (χ4n) is 2.45. The first-order chi connectivity index (χ1) is 12.8. The Balaban J connectivity index is 1.37. The highest BCUT2D eigenvalue weighted by molar-refractivity contribution is 7.98. The van der Waals surface area contributed by atoms with E-state index in [1.165, 1.54) is 11.8 Å². The van der Waals surface area contributed by atoms with Gasteiger partial charge < -0.3 is 9.15 Å². The Bertz CT molecular complexity index is 993. The third kappa shape index (κ3) is 3.78. The molecule has 0 spiro atoms. The van der Waals surface area contributed by atoms with E-state index in [4.69, 9.17) is 9.15 Å². The number of nitrogens with zero attached hydrogens (tertiary/aromatic N) is 1. The minimum Gasteiger partial charge on any atom is -0.431 e. The normalized spacial score (nSPS) is 10.8. The van der Waals surface area contributed by atoms with E-state index >= 15 is 0 Å². The van der Waals surface area contributed by atoms with Crippen LogP contribution in [0, 0.1) is 0 Å². The van der Waals surface area contributed by atoms with Crippen molar-refractivity contribution < 1.29 is 13.9 Å². The van der Waals surface area contributed by atoms with E-state index in [2.05, 4.69) is 4.98 Å². The molecule has 5 heteroatoms. The average Bonchev–Trinajstić information content (AvgIpc) is 3.11. The molecule has 0 bridgehead atoms. The number of carbonyl (C=O) groups excluding carboxylic acids is 1. The summed E-state index contributed by atoms with van der Waals surface area (Å²) >= 11 is 1.53. The van der Waals surface area contributed by atoms with E-state index in [0.29, 0.717) is 16.5 Å². The molecular formula is C21H15NO3S. The Labute approximate surface area is 154 Å². The maximum absolute atomic E-state index is 12.0. The lowest BCUT2D eigenvalue weighted by Crippen LogP contribution is -2.07. The maximum Gasteiger partial charge on any atom is 0.343 e. The van der Waals surface area contributed by atoms with Crippen molar-refractivity contribution in [3.05, 3.63) is 90.0 Å². The fraction of sp³-hybridized carbons (Fsp3) is 0.0476. The smallest absolute Gasteiger partial charge is 0.343 e. The van der Waals surface area contributed by atoms with Gasteiger partial charge in [-0.05, 0) is 42.0 Å². The van der Waals surface area contributed by atoms with Gasteiger partial charge in [-0.25, -0.2) is 9.78 Å². The van der Waals surface area contributed by atoms with Crippen LogP contribution in [-0.4, -0.2) is 11.0 Å². The molecule has 0 fully saturated rings. The molecule has 128 valence electrons. The van der Waals surface area contributed by atoms with Crippen molar-refractivity contribution in [3.8, 4) is 5.75 Å². The lowest BCUT2D eigenvalue weighted by molar-refractivity contribution is 0.0734. The second kappa shape index (κ2) is 7.45. The number of thioether (sulfide) groups is 1. The second-order valence-electron chi connectivity index (χ2n) is 5.64. The summed E-state index contributed by atoms with van der Waals surface area (Å²) in [6.07, 6.45) is 0.